The van der Waals surface area contributed by atoms with Crippen LogP contribution in [0.5, 0.6) is 5.75 Å². The van der Waals surface area contributed by atoms with E-state index in [-0.39, 0.29) is 6.04 Å². The van der Waals surface area contributed by atoms with Crippen LogP contribution in [0, 0.1) is 5.92 Å². The largest absolute Gasteiger partial charge is 0.497 e. The fourth-order valence-corrected chi connectivity index (χ4v) is 1.66. The molecule has 3 nitrogen and oxygen atoms in total. The summed E-state index contributed by atoms with van der Waals surface area (Å²) >= 11 is 0. The van der Waals surface area contributed by atoms with Gasteiger partial charge in [-0.2, -0.15) is 0 Å². The smallest absolute Gasteiger partial charge is 0.134 e. The van der Waals surface area contributed by atoms with Gasteiger partial charge in [-0.15, -0.1) is 0 Å². The third kappa shape index (κ3) is 1.91. The molecule has 1 aromatic heterocycles. The van der Waals surface area contributed by atoms with Crippen LogP contribution in [0.3, 0.4) is 0 Å². The first-order valence-electron chi connectivity index (χ1n) is 5.45. The van der Waals surface area contributed by atoms with Gasteiger partial charge in [0.2, 0.25) is 0 Å². The van der Waals surface area contributed by atoms with Crippen molar-refractivity contribution >= 4 is 11.0 Å². The Morgan fingerprint density at radius 2 is 2.00 bits per heavy atom. The predicted molar refractivity (Wildman–Crippen MR) is 64.5 cm³/mol. The van der Waals surface area contributed by atoms with Crippen molar-refractivity contribution in [2.75, 3.05) is 7.11 Å². The van der Waals surface area contributed by atoms with Crippen LogP contribution in [0.4, 0.5) is 0 Å². The van der Waals surface area contributed by atoms with Gasteiger partial charge in [0, 0.05) is 5.39 Å². The molecule has 0 saturated heterocycles. The van der Waals surface area contributed by atoms with E-state index >= 15 is 0 Å². The maximum Gasteiger partial charge on any atom is 0.134 e. The lowest BCUT2D eigenvalue weighted by Crippen LogP contribution is -2.15. The van der Waals surface area contributed by atoms with Crippen LogP contribution in [0.1, 0.15) is 25.6 Å². The number of benzene rings is 1. The van der Waals surface area contributed by atoms with E-state index in [0.29, 0.717) is 5.92 Å². The summed E-state index contributed by atoms with van der Waals surface area (Å²) in [5, 5.41) is 1.03. The number of methoxy groups -OCH3 is 1. The molecule has 86 valence electrons. The highest BCUT2D eigenvalue weighted by Crippen LogP contribution is 2.28. The maximum atomic E-state index is 6.05. The van der Waals surface area contributed by atoms with Gasteiger partial charge in [-0.3, -0.25) is 0 Å². The molecule has 1 aromatic carbocycles. The minimum absolute atomic E-state index is 0.0570. The zero-order chi connectivity index (χ0) is 11.7. The quantitative estimate of drug-likeness (QED) is 0.862. The topological polar surface area (TPSA) is 48.4 Å². The van der Waals surface area contributed by atoms with Gasteiger partial charge in [0.25, 0.3) is 0 Å². The molecule has 1 heterocycles. The molecule has 0 spiro atoms. The standard InChI is InChI=1S/C13H17NO2/c1-8(2)13(14)12-7-9-6-10(15-3)4-5-11(9)16-12/h4-8,13H,14H2,1-3H3/t13-/m1/s1. The minimum Gasteiger partial charge on any atom is -0.497 e. The van der Waals surface area contributed by atoms with Crippen LogP contribution in [-0.4, -0.2) is 7.11 Å². The summed E-state index contributed by atoms with van der Waals surface area (Å²) in [6.07, 6.45) is 0. The highest BCUT2D eigenvalue weighted by molar-refractivity contribution is 5.79. The number of rotatable bonds is 3. The van der Waals surface area contributed by atoms with Crippen LogP contribution < -0.4 is 10.5 Å². The zero-order valence-corrected chi connectivity index (χ0v) is 9.86. The Hall–Kier alpha value is -1.48. The molecule has 16 heavy (non-hydrogen) atoms. The summed E-state index contributed by atoms with van der Waals surface area (Å²) in [5.41, 5.74) is 6.90. The summed E-state index contributed by atoms with van der Waals surface area (Å²) < 4.78 is 10.9. The molecule has 0 bridgehead atoms. The molecule has 0 aliphatic heterocycles. The van der Waals surface area contributed by atoms with Crippen molar-refractivity contribution in [3.8, 4) is 5.75 Å². The van der Waals surface area contributed by atoms with Crippen LogP contribution in [0.25, 0.3) is 11.0 Å². The first kappa shape index (κ1) is 11.0. The second kappa shape index (κ2) is 4.18. The molecule has 0 fully saturated rings. The van der Waals surface area contributed by atoms with E-state index in [1.54, 1.807) is 7.11 Å². The first-order valence-corrected chi connectivity index (χ1v) is 5.45. The summed E-state index contributed by atoms with van der Waals surface area (Å²) in [6.45, 7) is 4.16. The minimum atomic E-state index is -0.0570. The Morgan fingerprint density at radius 1 is 1.25 bits per heavy atom. The van der Waals surface area contributed by atoms with Crippen LogP contribution >= 0.6 is 0 Å². The van der Waals surface area contributed by atoms with Gasteiger partial charge in [-0.1, -0.05) is 13.8 Å². The van der Waals surface area contributed by atoms with Gasteiger partial charge < -0.3 is 14.9 Å². The molecule has 2 aromatic rings. The van der Waals surface area contributed by atoms with E-state index < -0.39 is 0 Å². The van der Waals surface area contributed by atoms with E-state index in [9.17, 15) is 0 Å². The van der Waals surface area contributed by atoms with Crippen molar-refractivity contribution in [1.29, 1.82) is 0 Å². The summed E-state index contributed by atoms with van der Waals surface area (Å²) in [6, 6.07) is 7.68. The number of nitrogens with two attached hydrogens (primary N) is 1. The third-order valence-corrected chi connectivity index (χ3v) is 2.79. The molecular formula is C13H17NO2. The van der Waals surface area contributed by atoms with Gasteiger partial charge >= 0.3 is 0 Å². The molecule has 3 heteroatoms. The van der Waals surface area contributed by atoms with Crippen molar-refractivity contribution in [3.05, 3.63) is 30.0 Å². The van der Waals surface area contributed by atoms with E-state index in [2.05, 4.69) is 13.8 Å². The molecule has 0 amide bonds. The van der Waals surface area contributed by atoms with Crippen LogP contribution in [0.2, 0.25) is 0 Å². The molecule has 0 radical (unpaired) electrons. The van der Waals surface area contributed by atoms with Gasteiger partial charge in [-0.25, -0.2) is 0 Å². The first-order chi connectivity index (χ1) is 7.61. The fourth-order valence-electron chi connectivity index (χ4n) is 1.66. The zero-order valence-electron chi connectivity index (χ0n) is 9.86. The number of furan rings is 1. The Morgan fingerprint density at radius 3 is 2.62 bits per heavy atom. The van der Waals surface area contributed by atoms with Crippen molar-refractivity contribution in [2.45, 2.75) is 19.9 Å². The number of hydrogen-bond acceptors (Lipinski definition) is 3. The molecule has 0 saturated carbocycles. The lowest BCUT2D eigenvalue weighted by Gasteiger charge is -2.11. The van der Waals surface area contributed by atoms with Crippen molar-refractivity contribution in [2.24, 2.45) is 11.7 Å². The number of ether oxygens (including phenoxy) is 1. The van der Waals surface area contributed by atoms with E-state index in [1.165, 1.54) is 0 Å². The summed E-state index contributed by atoms with van der Waals surface area (Å²) in [4.78, 5) is 0. The summed E-state index contributed by atoms with van der Waals surface area (Å²) in [7, 11) is 1.65. The monoisotopic (exact) mass is 219 g/mol. The van der Waals surface area contributed by atoms with Gasteiger partial charge in [0.15, 0.2) is 0 Å². The molecular weight excluding hydrogens is 202 g/mol. The van der Waals surface area contributed by atoms with Gasteiger partial charge in [-0.05, 0) is 30.2 Å². The van der Waals surface area contributed by atoms with E-state index in [1.807, 2.05) is 24.3 Å². The lowest BCUT2D eigenvalue weighted by molar-refractivity contribution is 0.413. The average Bonchev–Trinajstić information content (AvgIpc) is 2.69. The second-order valence-electron chi connectivity index (χ2n) is 4.32. The Bertz CT molecular complexity index is 488. The molecule has 0 unspecified atom stereocenters. The van der Waals surface area contributed by atoms with Crippen molar-refractivity contribution in [1.82, 2.24) is 0 Å². The molecule has 2 N–H and O–H groups in total. The molecule has 0 aliphatic rings. The molecule has 1 atom stereocenters. The SMILES string of the molecule is COc1ccc2oc([C@H](N)C(C)C)cc2c1. The number of fused-ring (bicyclic) bond motifs is 1. The van der Waals surface area contributed by atoms with Gasteiger partial charge in [0.1, 0.15) is 17.1 Å². The van der Waals surface area contributed by atoms with Crippen molar-refractivity contribution in [3.63, 3.8) is 0 Å². The third-order valence-electron chi connectivity index (χ3n) is 2.79. The normalized spacial score (nSPS) is 13.3. The van der Waals surface area contributed by atoms with Crippen LogP contribution in [0.15, 0.2) is 28.7 Å². The molecule has 2 rings (SSSR count). The molecule has 0 aliphatic carbocycles. The van der Waals surface area contributed by atoms with Crippen molar-refractivity contribution < 1.29 is 9.15 Å². The van der Waals surface area contributed by atoms with Gasteiger partial charge in [0.05, 0.1) is 13.2 Å². The Balaban J connectivity index is 2.43. The van der Waals surface area contributed by atoms with E-state index in [0.717, 1.165) is 22.5 Å². The van der Waals surface area contributed by atoms with E-state index in [4.69, 9.17) is 14.9 Å². The lowest BCUT2D eigenvalue weighted by atomic mass is 10.0. The number of hydrogen-bond donors (Lipinski definition) is 1. The average molecular weight is 219 g/mol. The fraction of sp³-hybridized carbons (Fsp3) is 0.385. The highest BCUT2D eigenvalue weighted by Gasteiger charge is 2.15. The maximum absolute atomic E-state index is 6.05. The predicted octanol–water partition coefficient (Wildman–Crippen LogP) is 3.10. The highest BCUT2D eigenvalue weighted by atomic mass is 16.5. The summed E-state index contributed by atoms with van der Waals surface area (Å²) in [5.74, 6) is 2.03. The Kier molecular flexibility index (Phi) is 2.88. The van der Waals surface area contributed by atoms with Crippen LogP contribution in [-0.2, 0) is 0 Å². The second-order valence-corrected chi connectivity index (χ2v) is 4.32. The Labute approximate surface area is 95.2 Å².